The number of nitrogens with zero attached hydrogens (tertiary/aromatic N) is 4. The van der Waals surface area contributed by atoms with E-state index in [1.54, 1.807) is 20.4 Å². The average molecular weight is 341 g/mol. The zero-order valence-electron chi connectivity index (χ0n) is 14.1. The monoisotopic (exact) mass is 341 g/mol. The molecule has 0 spiro atoms. The minimum Gasteiger partial charge on any atom is -0.384 e. The number of hydrogen-bond donors (Lipinski definition) is 1. The zero-order chi connectivity index (χ0) is 18.0. The lowest BCUT2D eigenvalue weighted by Gasteiger charge is -2.37. The fraction of sp³-hybridized carbons (Fsp3) is 0.412. The van der Waals surface area contributed by atoms with Gasteiger partial charge in [0.1, 0.15) is 11.9 Å². The van der Waals surface area contributed by atoms with E-state index in [1.165, 1.54) is 4.90 Å². The minimum atomic E-state index is -0.640. The molecule has 0 aliphatic carbocycles. The van der Waals surface area contributed by atoms with Crippen LogP contribution in [-0.2, 0) is 16.0 Å². The number of aliphatic imine (C=N–C) groups is 1. The number of aromatic nitrogens is 1. The van der Waals surface area contributed by atoms with Crippen LogP contribution in [0.4, 0.5) is 4.79 Å². The van der Waals surface area contributed by atoms with E-state index in [9.17, 15) is 9.59 Å². The molecule has 25 heavy (non-hydrogen) atoms. The van der Waals surface area contributed by atoms with Gasteiger partial charge in [0.15, 0.2) is 6.17 Å². The van der Waals surface area contributed by atoms with Gasteiger partial charge in [-0.1, -0.05) is 5.92 Å². The van der Waals surface area contributed by atoms with Crippen LogP contribution in [-0.4, -0.2) is 72.1 Å². The molecular weight excluding hydrogens is 322 g/mol. The number of terminal acetylenes is 1. The van der Waals surface area contributed by atoms with Crippen molar-refractivity contribution in [1.82, 2.24) is 20.1 Å². The van der Waals surface area contributed by atoms with E-state index in [4.69, 9.17) is 11.2 Å². The van der Waals surface area contributed by atoms with Crippen LogP contribution in [0.25, 0.3) is 0 Å². The topological polar surface area (TPSA) is 87.1 Å². The third-order valence-electron chi connectivity index (χ3n) is 4.22. The van der Waals surface area contributed by atoms with Crippen LogP contribution in [0, 0.1) is 12.3 Å². The van der Waals surface area contributed by atoms with Crippen LogP contribution in [0.5, 0.6) is 0 Å². The highest BCUT2D eigenvalue weighted by atomic mass is 16.5. The molecular formula is C17H19N5O3. The summed E-state index contributed by atoms with van der Waals surface area (Å²) in [6, 6.07) is 2.69. The highest BCUT2D eigenvalue weighted by molar-refractivity contribution is 6.08. The summed E-state index contributed by atoms with van der Waals surface area (Å²) in [5.41, 5.74) is 1.66. The molecule has 2 aliphatic rings. The van der Waals surface area contributed by atoms with Gasteiger partial charge in [0, 0.05) is 38.0 Å². The first-order valence-electron chi connectivity index (χ1n) is 7.87. The molecule has 2 aliphatic heterocycles. The summed E-state index contributed by atoms with van der Waals surface area (Å²) in [5.74, 6) is 2.51. The fourth-order valence-corrected chi connectivity index (χ4v) is 2.84. The van der Waals surface area contributed by atoms with Gasteiger partial charge in [0.25, 0.3) is 5.91 Å². The molecule has 8 nitrogen and oxygen atoms in total. The van der Waals surface area contributed by atoms with Crippen molar-refractivity contribution in [3.8, 4) is 12.3 Å². The second kappa shape index (κ2) is 6.91. The number of rotatable bonds is 5. The maximum absolute atomic E-state index is 12.5. The molecule has 8 heteroatoms. The molecule has 2 unspecified atom stereocenters. The maximum Gasteiger partial charge on any atom is 0.329 e. The number of carbonyl (C=O) groups excluding carboxylic acids is 2. The average Bonchev–Trinajstić information content (AvgIpc) is 3.08. The third kappa shape index (κ3) is 3.06. The van der Waals surface area contributed by atoms with Gasteiger partial charge >= 0.3 is 6.03 Å². The predicted octanol–water partition coefficient (Wildman–Crippen LogP) is -0.158. The van der Waals surface area contributed by atoms with Crippen LogP contribution < -0.4 is 5.32 Å². The Labute approximate surface area is 145 Å². The summed E-state index contributed by atoms with van der Waals surface area (Å²) >= 11 is 0. The van der Waals surface area contributed by atoms with Crippen LogP contribution >= 0.6 is 0 Å². The number of likely N-dealkylation sites (N-methyl/N-ethyl adjacent to an activating group) is 1. The van der Waals surface area contributed by atoms with E-state index in [0.717, 1.165) is 22.6 Å². The summed E-state index contributed by atoms with van der Waals surface area (Å²) in [7, 11) is 3.25. The van der Waals surface area contributed by atoms with E-state index < -0.39 is 18.2 Å². The highest BCUT2D eigenvalue weighted by Crippen LogP contribution is 2.22. The Balaban J connectivity index is 1.80. The maximum atomic E-state index is 12.5. The van der Waals surface area contributed by atoms with Gasteiger partial charge in [0.05, 0.1) is 13.2 Å². The molecule has 3 heterocycles. The van der Waals surface area contributed by atoms with Gasteiger partial charge in [-0.15, -0.1) is 6.42 Å². The number of imide groups is 1. The fourth-order valence-electron chi connectivity index (χ4n) is 2.84. The van der Waals surface area contributed by atoms with E-state index in [0.29, 0.717) is 12.4 Å². The first-order valence-corrected chi connectivity index (χ1v) is 7.87. The van der Waals surface area contributed by atoms with Crippen LogP contribution in [0.3, 0.4) is 0 Å². The SMILES string of the molecule is C#CCN1C(=O)C2NC(c3ccc(CCOC)nc3)=NC2N(C)C1=O. The number of nitrogens with one attached hydrogen (secondary N) is 1. The van der Waals surface area contributed by atoms with E-state index in [2.05, 4.69) is 21.2 Å². The predicted molar refractivity (Wildman–Crippen MR) is 90.8 cm³/mol. The van der Waals surface area contributed by atoms with Crippen LogP contribution in [0.1, 0.15) is 11.3 Å². The standard InChI is InChI=1S/C17H19N5O3/c1-4-8-22-16(23)13-15(21(2)17(22)24)20-14(19-13)11-5-6-12(18-10-11)7-9-25-3/h1,5-6,10,13,15H,7-9H2,2-3H3,(H,19,20). The lowest BCUT2D eigenvalue weighted by atomic mass is 10.1. The first-order chi connectivity index (χ1) is 12.1. The molecule has 1 aromatic rings. The largest absolute Gasteiger partial charge is 0.384 e. The number of amidine groups is 1. The second-order valence-corrected chi connectivity index (χ2v) is 5.82. The van der Waals surface area contributed by atoms with Gasteiger partial charge in [-0.2, -0.15) is 0 Å². The quantitative estimate of drug-likeness (QED) is 0.752. The van der Waals surface area contributed by atoms with Crippen molar-refractivity contribution in [3.63, 3.8) is 0 Å². The molecule has 2 atom stereocenters. The summed E-state index contributed by atoms with van der Waals surface area (Å²) in [5, 5.41) is 3.09. The number of methoxy groups -OCH3 is 1. The number of urea groups is 1. The summed E-state index contributed by atoms with van der Waals surface area (Å²) in [6.07, 6.45) is 7.08. The molecule has 1 fully saturated rings. The summed E-state index contributed by atoms with van der Waals surface area (Å²) in [6.45, 7) is 0.542. The number of fused-ring (bicyclic) bond motifs is 1. The Kier molecular flexibility index (Phi) is 4.67. The lowest BCUT2D eigenvalue weighted by Crippen LogP contribution is -2.64. The molecule has 0 radical (unpaired) electrons. The number of pyridine rings is 1. The van der Waals surface area contributed by atoms with E-state index in [1.807, 2.05) is 12.1 Å². The van der Waals surface area contributed by atoms with Crippen molar-refractivity contribution in [2.24, 2.45) is 4.99 Å². The van der Waals surface area contributed by atoms with Crippen LogP contribution in [0.15, 0.2) is 23.3 Å². The molecule has 1 aromatic heterocycles. The van der Waals surface area contributed by atoms with Gasteiger partial charge in [-0.25, -0.2) is 9.79 Å². The number of hydrogen-bond acceptors (Lipinski definition) is 6. The molecule has 1 N–H and O–H groups in total. The van der Waals surface area contributed by atoms with Crippen molar-refractivity contribution in [2.45, 2.75) is 18.6 Å². The smallest absolute Gasteiger partial charge is 0.329 e. The normalized spacial score (nSPS) is 22.4. The van der Waals surface area contributed by atoms with E-state index >= 15 is 0 Å². The van der Waals surface area contributed by atoms with Gasteiger partial charge in [0.2, 0.25) is 0 Å². The lowest BCUT2D eigenvalue weighted by molar-refractivity contribution is -0.133. The van der Waals surface area contributed by atoms with Crippen molar-refractivity contribution in [3.05, 3.63) is 29.6 Å². The Morgan fingerprint density at radius 1 is 1.40 bits per heavy atom. The Morgan fingerprint density at radius 3 is 2.84 bits per heavy atom. The number of amides is 3. The molecule has 0 bridgehead atoms. The number of ether oxygens (including phenoxy) is 1. The molecule has 3 amide bonds. The number of carbonyl (C=O) groups is 2. The molecule has 1 saturated heterocycles. The minimum absolute atomic E-state index is 0.0575. The summed E-state index contributed by atoms with van der Waals surface area (Å²) in [4.78, 5) is 36.1. The Hall–Kier alpha value is -2.92. The zero-order valence-corrected chi connectivity index (χ0v) is 14.1. The van der Waals surface area contributed by atoms with E-state index in [-0.39, 0.29) is 12.5 Å². The van der Waals surface area contributed by atoms with Crippen molar-refractivity contribution in [1.29, 1.82) is 0 Å². The van der Waals surface area contributed by atoms with Crippen molar-refractivity contribution in [2.75, 3.05) is 27.3 Å². The molecule has 130 valence electrons. The molecule has 0 aromatic carbocycles. The van der Waals surface area contributed by atoms with Gasteiger partial charge < -0.3 is 15.0 Å². The van der Waals surface area contributed by atoms with Crippen LogP contribution in [0.2, 0.25) is 0 Å². The van der Waals surface area contributed by atoms with Crippen molar-refractivity contribution >= 4 is 17.8 Å². The Bertz CT molecular complexity index is 753. The highest BCUT2D eigenvalue weighted by Gasteiger charge is 2.48. The Morgan fingerprint density at radius 2 is 2.20 bits per heavy atom. The molecule has 3 rings (SSSR count). The molecule has 0 saturated carbocycles. The third-order valence-corrected chi connectivity index (χ3v) is 4.22. The van der Waals surface area contributed by atoms with Crippen molar-refractivity contribution < 1.29 is 14.3 Å². The first kappa shape index (κ1) is 16.9. The summed E-state index contributed by atoms with van der Waals surface area (Å²) < 4.78 is 5.03. The van der Waals surface area contributed by atoms with Gasteiger partial charge in [-0.3, -0.25) is 14.7 Å². The van der Waals surface area contributed by atoms with Gasteiger partial charge in [-0.05, 0) is 12.1 Å². The second-order valence-electron chi connectivity index (χ2n) is 5.82.